The lowest BCUT2D eigenvalue weighted by Crippen LogP contribution is -2.42. The lowest BCUT2D eigenvalue weighted by atomic mass is 10.1. The number of fused-ring (bicyclic) bond motifs is 1. The van der Waals surface area contributed by atoms with E-state index in [9.17, 15) is 10.1 Å². The van der Waals surface area contributed by atoms with Crippen molar-refractivity contribution in [3.05, 3.63) is 64.8 Å². The summed E-state index contributed by atoms with van der Waals surface area (Å²) in [5, 5.41) is 14.8. The number of hydrogen-bond donors (Lipinski definition) is 1. The summed E-state index contributed by atoms with van der Waals surface area (Å²) in [6.45, 7) is 11.0. The predicted octanol–water partition coefficient (Wildman–Crippen LogP) is 6.99. The van der Waals surface area contributed by atoms with Gasteiger partial charge >= 0.3 is 6.09 Å². The minimum absolute atomic E-state index is 0.0934. The standard InChI is InChI=1S/C37H44N6O6/c1-22-10-13-29(46-8)23(2)33(22)48-35-32-28(17-31(41-35)43-15-14-26(21-43)42(6)36(44)49-37(3,4)5)25(18-38)20-40-34(32)39-19-24-11-12-27(45-7)16-30(24)47-9/h10-13,16-17,20,26H,14-15,19,21H2,1-9H3,(H,39,40)/t26-/m1/s1. The van der Waals surface area contributed by atoms with Crippen LogP contribution in [-0.4, -0.2) is 74.1 Å². The first-order valence-corrected chi connectivity index (χ1v) is 16.1. The average molecular weight is 669 g/mol. The first-order chi connectivity index (χ1) is 23.4. The number of carbonyl (C=O) groups is 1. The Morgan fingerprint density at radius 2 is 1.84 bits per heavy atom. The van der Waals surface area contributed by atoms with Crippen LogP contribution in [0.3, 0.4) is 0 Å². The van der Waals surface area contributed by atoms with Crippen LogP contribution < -0.4 is 29.2 Å². The fourth-order valence-electron chi connectivity index (χ4n) is 5.88. The van der Waals surface area contributed by atoms with Crippen LogP contribution in [0, 0.1) is 25.2 Å². The maximum atomic E-state index is 12.9. The van der Waals surface area contributed by atoms with E-state index in [1.807, 2.05) is 71.0 Å². The van der Waals surface area contributed by atoms with Crippen molar-refractivity contribution in [2.45, 2.75) is 59.2 Å². The molecule has 0 radical (unpaired) electrons. The topological polar surface area (TPSA) is 131 Å². The number of ether oxygens (including phenoxy) is 5. The highest BCUT2D eigenvalue weighted by Crippen LogP contribution is 2.41. The maximum Gasteiger partial charge on any atom is 0.410 e. The summed E-state index contributed by atoms with van der Waals surface area (Å²) in [6.07, 6.45) is 1.90. The van der Waals surface area contributed by atoms with Crippen LogP contribution in [0.2, 0.25) is 0 Å². The lowest BCUT2D eigenvalue weighted by Gasteiger charge is -2.28. The molecule has 1 atom stereocenters. The Balaban J connectivity index is 1.59. The zero-order chi connectivity index (χ0) is 35.5. The third-order valence-electron chi connectivity index (χ3n) is 8.57. The minimum Gasteiger partial charge on any atom is -0.497 e. The van der Waals surface area contributed by atoms with E-state index in [-0.39, 0.29) is 18.0 Å². The molecule has 12 nitrogen and oxygen atoms in total. The van der Waals surface area contributed by atoms with Gasteiger partial charge in [0.25, 0.3) is 0 Å². The van der Waals surface area contributed by atoms with Gasteiger partial charge in [-0.3, -0.25) is 0 Å². The van der Waals surface area contributed by atoms with E-state index in [0.717, 1.165) is 23.1 Å². The van der Waals surface area contributed by atoms with E-state index in [1.54, 1.807) is 39.5 Å². The van der Waals surface area contributed by atoms with Crippen LogP contribution in [-0.2, 0) is 11.3 Å². The summed E-state index contributed by atoms with van der Waals surface area (Å²) in [6, 6.07) is 13.5. The second-order valence-electron chi connectivity index (χ2n) is 13.0. The van der Waals surface area contributed by atoms with Gasteiger partial charge in [-0.05, 0) is 70.9 Å². The van der Waals surface area contributed by atoms with Gasteiger partial charge < -0.3 is 38.8 Å². The molecule has 1 fully saturated rings. The third-order valence-corrected chi connectivity index (χ3v) is 8.57. The van der Waals surface area contributed by atoms with Gasteiger partial charge in [0.05, 0.1) is 38.3 Å². The van der Waals surface area contributed by atoms with Gasteiger partial charge in [-0.25, -0.2) is 9.78 Å². The number of nitrogens with zero attached hydrogens (tertiary/aromatic N) is 5. The molecule has 1 aliphatic rings. The summed E-state index contributed by atoms with van der Waals surface area (Å²) in [5.41, 5.74) is 2.35. The van der Waals surface area contributed by atoms with E-state index in [2.05, 4.69) is 21.3 Å². The number of nitrogens with one attached hydrogen (secondary N) is 1. The summed E-state index contributed by atoms with van der Waals surface area (Å²) in [5.74, 6) is 4.00. The molecule has 49 heavy (non-hydrogen) atoms. The van der Waals surface area contributed by atoms with E-state index >= 15 is 0 Å². The quantitative estimate of drug-likeness (QED) is 0.187. The fraction of sp³-hybridized carbons (Fsp3) is 0.405. The molecule has 0 bridgehead atoms. The number of carbonyl (C=O) groups excluding carboxylic acids is 1. The Hall–Kier alpha value is -5.44. The van der Waals surface area contributed by atoms with Gasteiger partial charge in [-0.1, -0.05) is 6.07 Å². The summed E-state index contributed by atoms with van der Waals surface area (Å²) >= 11 is 0. The van der Waals surface area contributed by atoms with Crippen molar-refractivity contribution < 1.29 is 28.5 Å². The molecule has 0 aliphatic carbocycles. The Labute approximate surface area is 287 Å². The number of nitriles is 1. The Kier molecular flexibility index (Phi) is 10.2. The van der Waals surface area contributed by atoms with Crippen LogP contribution in [0.1, 0.15) is 49.4 Å². The van der Waals surface area contributed by atoms with Gasteiger partial charge in [-0.15, -0.1) is 0 Å². The highest BCUT2D eigenvalue weighted by atomic mass is 16.6. The van der Waals surface area contributed by atoms with Gasteiger partial charge in [0.2, 0.25) is 5.88 Å². The van der Waals surface area contributed by atoms with E-state index < -0.39 is 5.60 Å². The van der Waals surface area contributed by atoms with Crippen LogP contribution in [0.25, 0.3) is 10.8 Å². The van der Waals surface area contributed by atoms with Gasteiger partial charge in [0, 0.05) is 55.5 Å². The van der Waals surface area contributed by atoms with Crippen molar-refractivity contribution in [2.75, 3.05) is 51.7 Å². The first-order valence-electron chi connectivity index (χ1n) is 16.1. The molecule has 4 aromatic rings. The molecular weight excluding hydrogens is 624 g/mol. The van der Waals surface area contributed by atoms with Crippen molar-refractivity contribution in [1.82, 2.24) is 14.9 Å². The smallest absolute Gasteiger partial charge is 0.410 e. The summed E-state index contributed by atoms with van der Waals surface area (Å²) in [4.78, 5) is 26.3. The number of methoxy groups -OCH3 is 3. The lowest BCUT2D eigenvalue weighted by molar-refractivity contribution is 0.0238. The second kappa shape index (κ2) is 14.4. The number of pyridine rings is 2. The van der Waals surface area contributed by atoms with Crippen LogP contribution in [0.15, 0.2) is 42.6 Å². The molecule has 0 saturated carbocycles. The van der Waals surface area contributed by atoms with Gasteiger partial charge in [0.1, 0.15) is 46.3 Å². The first kappa shape index (κ1) is 34.9. The largest absolute Gasteiger partial charge is 0.497 e. The Morgan fingerprint density at radius 3 is 2.51 bits per heavy atom. The number of likely N-dealkylation sites (N-methyl/N-ethyl adjacent to an activating group) is 1. The molecule has 0 unspecified atom stereocenters. The highest BCUT2D eigenvalue weighted by molar-refractivity contribution is 6.00. The van der Waals surface area contributed by atoms with Crippen molar-refractivity contribution in [2.24, 2.45) is 0 Å². The number of hydrogen-bond acceptors (Lipinski definition) is 11. The molecule has 2 aromatic carbocycles. The molecule has 2 aromatic heterocycles. The van der Waals surface area contributed by atoms with Gasteiger partial charge in [0.15, 0.2) is 0 Å². The minimum atomic E-state index is -0.599. The van der Waals surface area contributed by atoms with E-state index in [1.165, 1.54) is 0 Å². The molecule has 1 aliphatic heterocycles. The number of aryl methyl sites for hydroxylation is 1. The van der Waals surface area contributed by atoms with E-state index in [0.29, 0.717) is 70.6 Å². The number of aromatic nitrogens is 2. The summed E-state index contributed by atoms with van der Waals surface area (Å²) < 4.78 is 28.9. The van der Waals surface area contributed by atoms with Crippen LogP contribution >= 0.6 is 0 Å². The zero-order valence-corrected chi connectivity index (χ0v) is 29.6. The molecule has 12 heteroatoms. The molecule has 1 N–H and O–H groups in total. The van der Waals surface area contributed by atoms with Crippen LogP contribution in [0.5, 0.6) is 28.9 Å². The maximum absolute atomic E-state index is 12.9. The number of amides is 1. The second-order valence-corrected chi connectivity index (χ2v) is 13.0. The molecule has 1 amide bonds. The number of benzene rings is 2. The average Bonchev–Trinajstić information content (AvgIpc) is 3.58. The number of anilines is 2. The Morgan fingerprint density at radius 1 is 1.08 bits per heavy atom. The highest BCUT2D eigenvalue weighted by Gasteiger charge is 2.32. The van der Waals surface area contributed by atoms with Crippen molar-refractivity contribution in [3.8, 4) is 34.9 Å². The monoisotopic (exact) mass is 668 g/mol. The molecule has 258 valence electrons. The van der Waals surface area contributed by atoms with Crippen LogP contribution in [0.4, 0.5) is 16.4 Å². The molecular formula is C37H44N6O6. The SMILES string of the molecule is COc1ccc(CNc2ncc(C#N)c3cc(N4CC[C@@H](N(C)C(=O)OC(C)(C)C)C4)nc(Oc4c(C)ccc(OC)c4C)c23)c(OC)c1. The van der Waals surface area contributed by atoms with Crippen molar-refractivity contribution in [1.29, 1.82) is 5.26 Å². The number of rotatable bonds is 10. The zero-order valence-electron chi connectivity index (χ0n) is 29.6. The summed E-state index contributed by atoms with van der Waals surface area (Å²) in [7, 11) is 6.59. The van der Waals surface area contributed by atoms with Crippen molar-refractivity contribution in [3.63, 3.8) is 0 Å². The molecule has 0 spiro atoms. The normalized spacial score (nSPS) is 14.3. The molecule has 5 rings (SSSR count). The fourth-order valence-corrected chi connectivity index (χ4v) is 5.88. The Bertz CT molecular complexity index is 1900. The van der Waals surface area contributed by atoms with E-state index in [4.69, 9.17) is 28.7 Å². The van der Waals surface area contributed by atoms with Crippen molar-refractivity contribution >= 4 is 28.5 Å². The van der Waals surface area contributed by atoms with Gasteiger partial charge in [-0.2, -0.15) is 10.2 Å². The predicted molar refractivity (Wildman–Crippen MR) is 188 cm³/mol. The molecule has 1 saturated heterocycles. The molecule has 3 heterocycles. The third kappa shape index (κ3) is 7.51.